The van der Waals surface area contributed by atoms with Gasteiger partial charge in [-0.15, -0.1) is 0 Å². The van der Waals surface area contributed by atoms with Crippen LogP contribution in [0.1, 0.15) is 15.9 Å². The zero-order valence-electron chi connectivity index (χ0n) is 12.4. The molecule has 0 saturated carbocycles. The van der Waals surface area contributed by atoms with Crippen molar-refractivity contribution in [3.8, 4) is 11.1 Å². The molecule has 1 aliphatic rings. The Balaban J connectivity index is 2.00. The highest BCUT2D eigenvalue weighted by atomic mass is 16.5. The van der Waals surface area contributed by atoms with Crippen LogP contribution in [0.3, 0.4) is 0 Å². The van der Waals surface area contributed by atoms with Gasteiger partial charge in [-0.05, 0) is 34.9 Å². The lowest BCUT2D eigenvalue weighted by molar-refractivity contribution is 0.111. The summed E-state index contributed by atoms with van der Waals surface area (Å²) >= 11 is 0. The molecule has 22 heavy (non-hydrogen) atoms. The van der Waals surface area contributed by atoms with Gasteiger partial charge in [0.25, 0.3) is 0 Å². The molecule has 0 unspecified atom stereocenters. The zero-order valence-corrected chi connectivity index (χ0v) is 12.4. The maximum Gasteiger partial charge on any atom is 0.152 e. The molecule has 1 fully saturated rings. The third-order valence-electron chi connectivity index (χ3n) is 3.95. The number of aliphatic hydroxyl groups is 1. The number of hydrogen-bond donors (Lipinski definition) is 1. The van der Waals surface area contributed by atoms with Crippen LogP contribution in [0, 0.1) is 0 Å². The molecule has 0 bridgehead atoms. The van der Waals surface area contributed by atoms with Crippen LogP contribution in [-0.4, -0.2) is 37.7 Å². The van der Waals surface area contributed by atoms with E-state index in [-0.39, 0.29) is 6.61 Å². The molecule has 0 radical (unpaired) electrons. The van der Waals surface area contributed by atoms with Gasteiger partial charge in [0.1, 0.15) is 0 Å². The molecule has 0 aliphatic carbocycles. The van der Waals surface area contributed by atoms with Crippen molar-refractivity contribution in [1.82, 2.24) is 0 Å². The molecule has 0 aromatic heterocycles. The fraction of sp³-hybridized carbons (Fsp3) is 0.278. The summed E-state index contributed by atoms with van der Waals surface area (Å²) in [5.41, 5.74) is 4.61. The number of carbonyl (C=O) groups excluding carboxylic acids is 1. The van der Waals surface area contributed by atoms with Crippen LogP contribution in [0.25, 0.3) is 11.1 Å². The summed E-state index contributed by atoms with van der Waals surface area (Å²) in [6.45, 7) is 2.98. The van der Waals surface area contributed by atoms with E-state index in [2.05, 4.69) is 4.90 Å². The van der Waals surface area contributed by atoms with E-state index in [4.69, 9.17) is 4.74 Å². The highest BCUT2D eigenvalue weighted by Crippen LogP contribution is 2.28. The smallest absolute Gasteiger partial charge is 0.152 e. The molecule has 2 aromatic carbocycles. The third kappa shape index (κ3) is 3.03. The van der Waals surface area contributed by atoms with E-state index >= 15 is 0 Å². The van der Waals surface area contributed by atoms with Gasteiger partial charge >= 0.3 is 0 Å². The van der Waals surface area contributed by atoms with Crippen LogP contribution in [0.4, 0.5) is 5.69 Å². The maximum atomic E-state index is 11.3. The summed E-state index contributed by atoms with van der Waals surface area (Å²) in [7, 11) is 0. The van der Waals surface area contributed by atoms with Gasteiger partial charge in [0, 0.05) is 24.3 Å². The van der Waals surface area contributed by atoms with Gasteiger partial charge < -0.3 is 14.7 Å². The van der Waals surface area contributed by atoms with E-state index in [1.54, 1.807) is 0 Å². The number of aliphatic hydroxyl groups excluding tert-OH is 1. The Morgan fingerprint density at radius 1 is 1.09 bits per heavy atom. The van der Waals surface area contributed by atoms with E-state index in [1.807, 2.05) is 42.5 Å². The first-order valence-electron chi connectivity index (χ1n) is 7.44. The minimum atomic E-state index is 0.0244. The first kappa shape index (κ1) is 14.8. The summed E-state index contributed by atoms with van der Waals surface area (Å²) in [4.78, 5) is 13.5. The number of morpholine rings is 1. The van der Waals surface area contributed by atoms with Crippen molar-refractivity contribution in [3.05, 3.63) is 53.6 Å². The van der Waals surface area contributed by atoms with Crippen molar-refractivity contribution in [2.45, 2.75) is 6.61 Å². The molecule has 2 aromatic rings. The summed E-state index contributed by atoms with van der Waals surface area (Å²) < 4.78 is 5.38. The average molecular weight is 297 g/mol. The second-order valence-electron chi connectivity index (χ2n) is 5.35. The number of anilines is 1. The van der Waals surface area contributed by atoms with Crippen LogP contribution >= 0.6 is 0 Å². The first-order valence-corrected chi connectivity index (χ1v) is 7.44. The largest absolute Gasteiger partial charge is 0.392 e. The van der Waals surface area contributed by atoms with Gasteiger partial charge in [0.2, 0.25) is 0 Å². The average Bonchev–Trinajstić information content (AvgIpc) is 2.62. The topological polar surface area (TPSA) is 49.8 Å². The second-order valence-corrected chi connectivity index (χ2v) is 5.35. The highest BCUT2D eigenvalue weighted by Gasteiger charge is 2.15. The molecule has 3 rings (SSSR count). The maximum absolute atomic E-state index is 11.3. The van der Waals surface area contributed by atoms with E-state index in [0.717, 1.165) is 41.8 Å². The van der Waals surface area contributed by atoms with Crippen LogP contribution in [0.5, 0.6) is 0 Å². The lowest BCUT2D eigenvalue weighted by Crippen LogP contribution is -2.36. The molecule has 4 nitrogen and oxygen atoms in total. The zero-order chi connectivity index (χ0) is 15.4. The van der Waals surface area contributed by atoms with Gasteiger partial charge in [-0.1, -0.05) is 24.3 Å². The Labute approximate surface area is 130 Å². The summed E-state index contributed by atoms with van der Waals surface area (Å²) in [5.74, 6) is 0. The molecule has 1 aliphatic heterocycles. The first-order chi connectivity index (χ1) is 10.8. The lowest BCUT2D eigenvalue weighted by atomic mass is 10.00. The summed E-state index contributed by atoms with van der Waals surface area (Å²) in [6.07, 6.45) is 0.902. The number of nitrogens with zero attached hydrogens (tertiary/aromatic N) is 1. The van der Waals surface area contributed by atoms with E-state index in [1.165, 1.54) is 0 Å². The number of benzene rings is 2. The predicted octanol–water partition coefficient (Wildman–Crippen LogP) is 2.50. The molecular formula is C18H19NO3. The SMILES string of the molecule is O=Cc1ccc(-c2cccc(CO)c2)cc1N1CCOCC1. The number of ether oxygens (including phenoxy) is 1. The van der Waals surface area contributed by atoms with Crippen LogP contribution < -0.4 is 4.90 Å². The summed E-state index contributed by atoms with van der Waals surface area (Å²) in [6, 6.07) is 13.7. The minimum Gasteiger partial charge on any atom is -0.392 e. The molecular weight excluding hydrogens is 278 g/mol. The van der Waals surface area contributed by atoms with E-state index in [0.29, 0.717) is 18.8 Å². The quantitative estimate of drug-likeness (QED) is 0.881. The monoisotopic (exact) mass is 297 g/mol. The molecule has 114 valence electrons. The van der Waals surface area contributed by atoms with Gasteiger partial charge in [0.05, 0.1) is 19.8 Å². The predicted molar refractivity (Wildman–Crippen MR) is 86.2 cm³/mol. The Bertz CT molecular complexity index is 663. The van der Waals surface area contributed by atoms with Gasteiger partial charge in [-0.2, -0.15) is 0 Å². The molecule has 1 saturated heterocycles. The fourth-order valence-corrected chi connectivity index (χ4v) is 2.75. The molecule has 0 amide bonds. The third-order valence-corrected chi connectivity index (χ3v) is 3.95. The van der Waals surface area contributed by atoms with Gasteiger partial charge in [-0.3, -0.25) is 4.79 Å². The highest BCUT2D eigenvalue weighted by molar-refractivity contribution is 5.87. The number of carbonyl (C=O) groups is 1. The second kappa shape index (κ2) is 6.73. The standard InChI is InChI=1S/C18H19NO3/c20-12-14-2-1-3-15(10-14)16-4-5-17(13-21)18(11-16)19-6-8-22-9-7-19/h1-5,10-11,13,20H,6-9,12H2. The van der Waals surface area contributed by atoms with Crippen molar-refractivity contribution in [2.24, 2.45) is 0 Å². The Kier molecular flexibility index (Phi) is 4.51. The summed E-state index contributed by atoms with van der Waals surface area (Å²) in [5, 5.41) is 9.28. The molecule has 4 heteroatoms. The minimum absolute atomic E-state index is 0.0244. The van der Waals surface area contributed by atoms with Crippen molar-refractivity contribution >= 4 is 12.0 Å². The van der Waals surface area contributed by atoms with E-state index < -0.39 is 0 Å². The van der Waals surface area contributed by atoms with Crippen LogP contribution in [-0.2, 0) is 11.3 Å². The Morgan fingerprint density at radius 2 is 1.86 bits per heavy atom. The van der Waals surface area contributed by atoms with Gasteiger partial charge in [-0.25, -0.2) is 0 Å². The number of hydrogen-bond acceptors (Lipinski definition) is 4. The molecule has 0 atom stereocenters. The normalized spacial score (nSPS) is 14.9. The molecule has 0 spiro atoms. The van der Waals surface area contributed by atoms with E-state index in [9.17, 15) is 9.90 Å². The fourth-order valence-electron chi connectivity index (χ4n) is 2.75. The van der Waals surface area contributed by atoms with Crippen molar-refractivity contribution < 1.29 is 14.6 Å². The Morgan fingerprint density at radius 3 is 2.59 bits per heavy atom. The molecule has 1 heterocycles. The van der Waals surface area contributed by atoms with Crippen LogP contribution in [0.15, 0.2) is 42.5 Å². The lowest BCUT2D eigenvalue weighted by Gasteiger charge is -2.30. The van der Waals surface area contributed by atoms with Gasteiger partial charge in [0.15, 0.2) is 6.29 Å². The van der Waals surface area contributed by atoms with Crippen LogP contribution in [0.2, 0.25) is 0 Å². The number of rotatable bonds is 4. The van der Waals surface area contributed by atoms with Crippen molar-refractivity contribution in [2.75, 3.05) is 31.2 Å². The molecule has 1 N–H and O–H groups in total. The van der Waals surface area contributed by atoms with Crippen molar-refractivity contribution in [3.63, 3.8) is 0 Å². The Hall–Kier alpha value is -2.17. The van der Waals surface area contributed by atoms with Crippen molar-refractivity contribution in [1.29, 1.82) is 0 Å². The number of aldehydes is 1.